The molecule has 0 saturated heterocycles. The SMILES string of the molecule is CC1=CC[C@@H]2C(=C1)[C@H](C(C)C)CC[C@@H]2C. The van der Waals surface area contributed by atoms with Gasteiger partial charge in [-0.05, 0) is 49.9 Å². The fraction of sp³-hybridized carbons (Fsp3) is 0.733. The summed E-state index contributed by atoms with van der Waals surface area (Å²) in [6.07, 6.45) is 9.04. The summed E-state index contributed by atoms with van der Waals surface area (Å²) in [5.74, 6) is 3.43. The van der Waals surface area contributed by atoms with E-state index in [4.69, 9.17) is 0 Å². The average molecular weight is 204 g/mol. The lowest BCUT2D eigenvalue weighted by Gasteiger charge is -2.40. The van der Waals surface area contributed by atoms with Crippen LogP contribution in [0.5, 0.6) is 0 Å². The van der Waals surface area contributed by atoms with Gasteiger partial charge in [0.15, 0.2) is 0 Å². The molecular weight excluding hydrogens is 180 g/mol. The van der Waals surface area contributed by atoms with Crippen LogP contribution in [-0.4, -0.2) is 0 Å². The number of hydrogen-bond donors (Lipinski definition) is 0. The van der Waals surface area contributed by atoms with E-state index in [9.17, 15) is 0 Å². The second kappa shape index (κ2) is 4.15. The summed E-state index contributed by atoms with van der Waals surface area (Å²) in [5.41, 5.74) is 3.25. The molecule has 0 aliphatic heterocycles. The van der Waals surface area contributed by atoms with E-state index in [1.54, 1.807) is 5.57 Å². The zero-order valence-electron chi connectivity index (χ0n) is 10.6. The van der Waals surface area contributed by atoms with Gasteiger partial charge < -0.3 is 0 Å². The fourth-order valence-electron chi connectivity index (χ4n) is 3.35. The molecule has 2 rings (SSSR count). The quantitative estimate of drug-likeness (QED) is 0.586. The highest BCUT2D eigenvalue weighted by Gasteiger charge is 2.34. The van der Waals surface area contributed by atoms with E-state index < -0.39 is 0 Å². The Morgan fingerprint density at radius 3 is 2.67 bits per heavy atom. The van der Waals surface area contributed by atoms with Crippen molar-refractivity contribution in [3.05, 3.63) is 23.3 Å². The van der Waals surface area contributed by atoms with Gasteiger partial charge in [0.25, 0.3) is 0 Å². The smallest absolute Gasteiger partial charge is 0.0137 e. The van der Waals surface area contributed by atoms with Crippen molar-refractivity contribution in [1.82, 2.24) is 0 Å². The number of rotatable bonds is 1. The molecule has 15 heavy (non-hydrogen) atoms. The Kier molecular flexibility index (Phi) is 3.04. The maximum Gasteiger partial charge on any atom is -0.0137 e. The van der Waals surface area contributed by atoms with Crippen LogP contribution in [0.2, 0.25) is 0 Å². The van der Waals surface area contributed by atoms with Gasteiger partial charge >= 0.3 is 0 Å². The first-order valence-corrected chi connectivity index (χ1v) is 6.48. The van der Waals surface area contributed by atoms with Crippen LogP contribution in [0.3, 0.4) is 0 Å². The maximum absolute atomic E-state index is 2.48. The Labute approximate surface area is 94.5 Å². The highest BCUT2D eigenvalue weighted by Crippen LogP contribution is 2.45. The third-order valence-electron chi connectivity index (χ3n) is 4.37. The summed E-state index contributed by atoms with van der Waals surface area (Å²) < 4.78 is 0. The van der Waals surface area contributed by atoms with E-state index in [1.165, 1.54) is 24.8 Å². The topological polar surface area (TPSA) is 0 Å². The van der Waals surface area contributed by atoms with Gasteiger partial charge in [0.05, 0.1) is 0 Å². The summed E-state index contributed by atoms with van der Waals surface area (Å²) in [6, 6.07) is 0. The zero-order chi connectivity index (χ0) is 11.0. The minimum atomic E-state index is 0.817. The van der Waals surface area contributed by atoms with Gasteiger partial charge in [-0.1, -0.05) is 44.1 Å². The van der Waals surface area contributed by atoms with Crippen molar-refractivity contribution < 1.29 is 0 Å². The summed E-state index contributed by atoms with van der Waals surface area (Å²) >= 11 is 0. The van der Waals surface area contributed by atoms with Crippen LogP contribution in [0.15, 0.2) is 23.3 Å². The summed E-state index contributed by atoms with van der Waals surface area (Å²) in [4.78, 5) is 0. The maximum atomic E-state index is 2.48. The second-order valence-corrected chi connectivity index (χ2v) is 5.84. The van der Waals surface area contributed by atoms with Crippen LogP contribution >= 0.6 is 0 Å². The zero-order valence-corrected chi connectivity index (χ0v) is 10.6. The van der Waals surface area contributed by atoms with Gasteiger partial charge in [0, 0.05) is 0 Å². The van der Waals surface area contributed by atoms with Gasteiger partial charge in [-0.25, -0.2) is 0 Å². The van der Waals surface area contributed by atoms with Crippen molar-refractivity contribution in [2.75, 3.05) is 0 Å². The molecule has 0 heteroatoms. The predicted octanol–water partition coefficient (Wildman–Crippen LogP) is 4.58. The molecule has 0 N–H and O–H groups in total. The van der Waals surface area contributed by atoms with Crippen LogP contribution in [0.25, 0.3) is 0 Å². The molecule has 0 heterocycles. The summed E-state index contributed by atoms with van der Waals surface area (Å²) in [5, 5.41) is 0. The van der Waals surface area contributed by atoms with Gasteiger partial charge in [0.2, 0.25) is 0 Å². The minimum absolute atomic E-state index is 0.817. The third kappa shape index (κ3) is 2.04. The van der Waals surface area contributed by atoms with Gasteiger partial charge in [-0.3, -0.25) is 0 Å². The highest BCUT2D eigenvalue weighted by molar-refractivity contribution is 5.31. The number of allylic oxidation sites excluding steroid dienone is 4. The Hall–Kier alpha value is -0.520. The average Bonchev–Trinajstić information content (AvgIpc) is 2.17. The van der Waals surface area contributed by atoms with E-state index in [0.717, 1.165) is 23.7 Å². The molecule has 0 unspecified atom stereocenters. The van der Waals surface area contributed by atoms with Crippen molar-refractivity contribution in [1.29, 1.82) is 0 Å². The second-order valence-electron chi connectivity index (χ2n) is 5.84. The third-order valence-corrected chi connectivity index (χ3v) is 4.37. The molecule has 0 bridgehead atoms. The van der Waals surface area contributed by atoms with Crippen LogP contribution < -0.4 is 0 Å². The van der Waals surface area contributed by atoms with Crippen molar-refractivity contribution in [2.45, 2.75) is 47.0 Å². The lowest BCUT2D eigenvalue weighted by atomic mass is 9.65. The van der Waals surface area contributed by atoms with E-state index in [-0.39, 0.29) is 0 Å². The van der Waals surface area contributed by atoms with Crippen LogP contribution in [0, 0.1) is 23.7 Å². The lowest BCUT2D eigenvalue weighted by Crippen LogP contribution is -2.30. The summed E-state index contributed by atoms with van der Waals surface area (Å²) in [6.45, 7) is 9.45. The van der Waals surface area contributed by atoms with Crippen molar-refractivity contribution in [2.24, 2.45) is 23.7 Å². The first kappa shape index (κ1) is 11.0. The molecule has 0 nitrogen and oxygen atoms in total. The lowest BCUT2D eigenvalue weighted by molar-refractivity contribution is 0.236. The molecule has 0 aromatic heterocycles. The molecule has 1 fully saturated rings. The first-order chi connectivity index (χ1) is 7.09. The normalized spacial score (nSPS) is 35.9. The standard InChI is InChI=1S/C15H24/c1-10(2)13-8-6-12(4)14-7-5-11(3)9-15(13)14/h5,9-10,12-14H,6-8H2,1-4H3/t12-,13-,14-/m0/s1. The van der Waals surface area contributed by atoms with Crippen molar-refractivity contribution >= 4 is 0 Å². The molecule has 3 atom stereocenters. The monoisotopic (exact) mass is 204 g/mol. The van der Waals surface area contributed by atoms with Crippen molar-refractivity contribution in [3.8, 4) is 0 Å². The summed E-state index contributed by atoms with van der Waals surface area (Å²) in [7, 11) is 0. The molecule has 2 aliphatic rings. The highest BCUT2D eigenvalue weighted by atomic mass is 14.4. The largest absolute Gasteiger partial charge is 0.0810 e. The molecule has 0 amide bonds. The van der Waals surface area contributed by atoms with Gasteiger partial charge in [-0.15, -0.1) is 0 Å². The molecular formula is C15H24. The van der Waals surface area contributed by atoms with Crippen LogP contribution in [0.4, 0.5) is 0 Å². The van der Waals surface area contributed by atoms with E-state index >= 15 is 0 Å². The van der Waals surface area contributed by atoms with Crippen molar-refractivity contribution in [3.63, 3.8) is 0 Å². The number of hydrogen-bond acceptors (Lipinski definition) is 0. The first-order valence-electron chi connectivity index (χ1n) is 6.48. The Balaban J connectivity index is 2.28. The Morgan fingerprint density at radius 2 is 2.00 bits per heavy atom. The number of fused-ring (bicyclic) bond motifs is 1. The van der Waals surface area contributed by atoms with Gasteiger partial charge in [-0.2, -0.15) is 0 Å². The molecule has 2 aliphatic carbocycles. The van der Waals surface area contributed by atoms with Crippen LogP contribution in [-0.2, 0) is 0 Å². The van der Waals surface area contributed by atoms with E-state index in [2.05, 4.69) is 39.8 Å². The molecule has 0 spiro atoms. The predicted molar refractivity (Wildman–Crippen MR) is 66.7 cm³/mol. The fourth-order valence-corrected chi connectivity index (χ4v) is 3.35. The molecule has 84 valence electrons. The molecule has 1 saturated carbocycles. The molecule has 0 radical (unpaired) electrons. The van der Waals surface area contributed by atoms with Gasteiger partial charge in [0.1, 0.15) is 0 Å². The van der Waals surface area contributed by atoms with E-state index in [0.29, 0.717) is 0 Å². The van der Waals surface area contributed by atoms with E-state index in [1.807, 2.05) is 0 Å². The molecule has 0 aromatic rings. The Morgan fingerprint density at radius 1 is 1.27 bits per heavy atom. The Bertz CT molecular complexity index is 293. The minimum Gasteiger partial charge on any atom is -0.0810 e. The molecule has 0 aromatic carbocycles. The van der Waals surface area contributed by atoms with Crippen LogP contribution in [0.1, 0.15) is 47.0 Å².